The Balaban J connectivity index is 1.91. The minimum absolute atomic E-state index is 0.399. The summed E-state index contributed by atoms with van der Waals surface area (Å²) in [7, 11) is 0. The second-order valence-electron chi connectivity index (χ2n) is 5.74. The standard InChI is InChI=1S/C22H19BrO3/c1-2-14-25-20-13-12-17(23)15-19(20)22(24)26-21-11-7-6-10-18(21)16-8-4-3-5-9-16/h3-13,15H,2,14H2,1H3. The lowest BCUT2D eigenvalue weighted by atomic mass is 10.0. The van der Waals surface area contributed by atoms with Gasteiger partial charge in [0, 0.05) is 10.0 Å². The maximum atomic E-state index is 12.8. The van der Waals surface area contributed by atoms with Crippen LogP contribution in [0.3, 0.4) is 0 Å². The van der Waals surface area contributed by atoms with Crippen molar-refractivity contribution in [1.82, 2.24) is 0 Å². The molecule has 26 heavy (non-hydrogen) atoms. The third-order valence-electron chi connectivity index (χ3n) is 3.80. The van der Waals surface area contributed by atoms with Gasteiger partial charge < -0.3 is 9.47 Å². The molecule has 0 fully saturated rings. The predicted molar refractivity (Wildman–Crippen MR) is 107 cm³/mol. The smallest absolute Gasteiger partial charge is 0.347 e. The monoisotopic (exact) mass is 410 g/mol. The van der Waals surface area contributed by atoms with Crippen LogP contribution in [-0.2, 0) is 0 Å². The average Bonchev–Trinajstić information content (AvgIpc) is 2.68. The maximum absolute atomic E-state index is 12.8. The van der Waals surface area contributed by atoms with Gasteiger partial charge in [0.25, 0.3) is 0 Å². The SMILES string of the molecule is CCCOc1ccc(Br)cc1C(=O)Oc1ccccc1-c1ccccc1. The minimum Gasteiger partial charge on any atom is -0.493 e. The Morgan fingerprint density at radius 3 is 2.42 bits per heavy atom. The normalized spacial score (nSPS) is 10.4. The highest BCUT2D eigenvalue weighted by molar-refractivity contribution is 9.10. The van der Waals surface area contributed by atoms with Gasteiger partial charge in [-0.3, -0.25) is 0 Å². The Bertz CT molecular complexity index is 891. The van der Waals surface area contributed by atoms with Gasteiger partial charge in [0.1, 0.15) is 17.1 Å². The molecule has 0 saturated carbocycles. The van der Waals surface area contributed by atoms with Crippen LogP contribution in [0, 0.1) is 0 Å². The van der Waals surface area contributed by atoms with Crippen LogP contribution >= 0.6 is 15.9 Å². The molecule has 3 aromatic rings. The first-order chi connectivity index (χ1) is 12.7. The molecule has 0 spiro atoms. The van der Waals surface area contributed by atoms with Crippen molar-refractivity contribution in [2.24, 2.45) is 0 Å². The van der Waals surface area contributed by atoms with Gasteiger partial charge in [0.2, 0.25) is 0 Å². The second kappa shape index (κ2) is 8.68. The number of rotatable bonds is 6. The van der Waals surface area contributed by atoms with Crippen molar-refractivity contribution in [3.05, 3.63) is 82.8 Å². The first kappa shape index (κ1) is 18.2. The summed E-state index contributed by atoms with van der Waals surface area (Å²) in [6, 6.07) is 22.7. The fraction of sp³-hybridized carbons (Fsp3) is 0.136. The van der Waals surface area contributed by atoms with Crippen LogP contribution in [0.4, 0.5) is 0 Å². The summed E-state index contributed by atoms with van der Waals surface area (Å²) in [5, 5.41) is 0. The fourth-order valence-corrected chi connectivity index (χ4v) is 2.93. The first-order valence-corrected chi connectivity index (χ1v) is 9.27. The molecular weight excluding hydrogens is 392 g/mol. The zero-order chi connectivity index (χ0) is 18.4. The number of carbonyl (C=O) groups excluding carboxylic acids is 1. The molecule has 0 amide bonds. The third-order valence-corrected chi connectivity index (χ3v) is 4.29. The molecule has 0 bridgehead atoms. The van der Waals surface area contributed by atoms with Gasteiger partial charge in [-0.1, -0.05) is 71.4 Å². The van der Waals surface area contributed by atoms with Gasteiger partial charge in [-0.05, 0) is 36.2 Å². The number of halogens is 1. The summed E-state index contributed by atoms with van der Waals surface area (Å²) in [5.74, 6) is 0.600. The van der Waals surface area contributed by atoms with E-state index >= 15 is 0 Å². The van der Waals surface area contributed by atoms with Crippen molar-refractivity contribution in [2.75, 3.05) is 6.61 Å². The molecule has 3 nitrogen and oxygen atoms in total. The molecule has 0 saturated heterocycles. The molecule has 0 N–H and O–H groups in total. The van der Waals surface area contributed by atoms with E-state index in [1.807, 2.05) is 61.5 Å². The largest absolute Gasteiger partial charge is 0.493 e. The van der Waals surface area contributed by atoms with Crippen molar-refractivity contribution in [2.45, 2.75) is 13.3 Å². The van der Waals surface area contributed by atoms with Crippen LogP contribution in [0.2, 0.25) is 0 Å². The summed E-state index contributed by atoms with van der Waals surface area (Å²) < 4.78 is 12.2. The van der Waals surface area contributed by atoms with Crippen LogP contribution < -0.4 is 9.47 Å². The zero-order valence-electron chi connectivity index (χ0n) is 14.4. The van der Waals surface area contributed by atoms with Gasteiger partial charge in [-0.25, -0.2) is 4.79 Å². The Morgan fingerprint density at radius 1 is 0.923 bits per heavy atom. The second-order valence-corrected chi connectivity index (χ2v) is 6.66. The molecule has 0 aromatic heterocycles. The van der Waals surface area contributed by atoms with Crippen LogP contribution in [0.25, 0.3) is 11.1 Å². The summed E-state index contributed by atoms with van der Waals surface area (Å²) in [5.41, 5.74) is 2.26. The van der Waals surface area contributed by atoms with Gasteiger partial charge in [-0.2, -0.15) is 0 Å². The molecule has 0 aliphatic rings. The third kappa shape index (κ3) is 4.33. The van der Waals surface area contributed by atoms with Crippen LogP contribution in [0.1, 0.15) is 23.7 Å². The van der Waals surface area contributed by atoms with E-state index in [1.54, 1.807) is 18.2 Å². The number of esters is 1. The highest BCUT2D eigenvalue weighted by Crippen LogP contribution is 2.31. The molecule has 0 aliphatic carbocycles. The van der Waals surface area contributed by atoms with Gasteiger partial charge in [-0.15, -0.1) is 0 Å². The highest BCUT2D eigenvalue weighted by Gasteiger charge is 2.17. The molecule has 132 valence electrons. The number of carbonyl (C=O) groups is 1. The van der Waals surface area contributed by atoms with Crippen LogP contribution in [0.15, 0.2) is 77.3 Å². The lowest BCUT2D eigenvalue weighted by Crippen LogP contribution is -2.12. The molecule has 0 heterocycles. The van der Waals surface area contributed by atoms with E-state index in [0.717, 1.165) is 22.0 Å². The van der Waals surface area contributed by atoms with Crippen molar-refractivity contribution in [3.63, 3.8) is 0 Å². The van der Waals surface area contributed by atoms with Crippen molar-refractivity contribution in [3.8, 4) is 22.6 Å². The summed E-state index contributed by atoms with van der Waals surface area (Å²) in [4.78, 5) is 12.8. The molecule has 0 unspecified atom stereocenters. The maximum Gasteiger partial charge on any atom is 0.347 e. The topological polar surface area (TPSA) is 35.5 Å². The Labute approximate surface area is 161 Å². The van der Waals surface area contributed by atoms with E-state index in [1.165, 1.54) is 0 Å². The number of para-hydroxylation sites is 1. The van der Waals surface area contributed by atoms with E-state index in [0.29, 0.717) is 23.7 Å². The van der Waals surface area contributed by atoms with E-state index in [4.69, 9.17) is 9.47 Å². The number of benzene rings is 3. The first-order valence-electron chi connectivity index (χ1n) is 8.48. The Hall–Kier alpha value is -2.59. The van der Waals surface area contributed by atoms with Gasteiger partial charge in [0.05, 0.1) is 6.61 Å². The van der Waals surface area contributed by atoms with E-state index in [9.17, 15) is 4.79 Å². The molecule has 0 atom stereocenters. The molecular formula is C22H19BrO3. The number of hydrogen-bond donors (Lipinski definition) is 0. The average molecular weight is 411 g/mol. The van der Waals surface area contributed by atoms with Gasteiger partial charge in [0.15, 0.2) is 0 Å². The van der Waals surface area contributed by atoms with Crippen LogP contribution in [0.5, 0.6) is 11.5 Å². The number of hydrogen-bond acceptors (Lipinski definition) is 3. The molecule has 0 aliphatic heterocycles. The van der Waals surface area contributed by atoms with E-state index in [2.05, 4.69) is 15.9 Å². The minimum atomic E-state index is -0.444. The van der Waals surface area contributed by atoms with E-state index in [-0.39, 0.29) is 0 Å². The van der Waals surface area contributed by atoms with Gasteiger partial charge >= 0.3 is 5.97 Å². The Morgan fingerprint density at radius 2 is 1.65 bits per heavy atom. The quantitative estimate of drug-likeness (QED) is 0.362. The molecule has 3 rings (SSSR count). The summed E-state index contributed by atoms with van der Waals surface area (Å²) >= 11 is 3.41. The van der Waals surface area contributed by atoms with Crippen molar-refractivity contribution < 1.29 is 14.3 Å². The highest BCUT2D eigenvalue weighted by atomic mass is 79.9. The lowest BCUT2D eigenvalue weighted by Gasteiger charge is -2.13. The van der Waals surface area contributed by atoms with Crippen molar-refractivity contribution >= 4 is 21.9 Å². The van der Waals surface area contributed by atoms with Crippen LogP contribution in [-0.4, -0.2) is 12.6 Å². The van der Waals surface area contributed by atoms with E-state index < -0.39 is 5.97 Å². The summed E-state index contributed by atoms with van der Waals surface area (Å²) in [6.45, 7) is 2.56. The fourth-order valence-electron chi connectivity index (χ4n) is 2.57. The molecule has 3 aromatic carbocycles. The predicted octanol–water partition coefficient (Wildman–Crippen LogP) is 6.12. The Kier molecular flexibility index (Phi) is 6.08. The zero-order valence-corrected chi connectivity index (χ0v) is 16.0. The summed E-state index contributed by atoms with van der Waals surface area (Å²) in [6.07, 6.45) is 0.862. The molecule has 4 heteroatoms. The molecule has 0 radical (unpaired) electrons. The number of ether oxygens (including phenoxy) is 2. The lowest BCUT2D eigenvalue weighted by molar-refractivity contribution is 0.0731. The van der Waals surface area contributed by atoms with Crippen molar-refractivity contribution in [1.29, 1.82) is 0 Å².